The van der Waals surface area contributed by atoms with E-state index in [9.17, 15) is 0 Å². The van der Waals surface area contributed by atoms with Crippen molar-refractivity contribution in [3.8, 4) is 0 Å². The molecule has 2 N–H and O–H groups in total. The van der Waals surface area contributed by atoms with E-state index < -0.39 is 0 Å². The Hall–Kier alpha value is -1.33. The summed E-state index contributed by atoms with van der Waals surface area (Å²) in [4.78, 5) is 4.38. The van der Waals surface area contributed by atoms with E-state index in [1.54, 1.807) is 0 Å². The zero-order chi connectivity index (χ0) is 14.4. The van der Waals surface area contributed by atoms with Gasteiger partial charge in [-0.3, -0.25) is 0 Å². The van der Waals surface area contributed by atoms with Gasteiger partial charge >= 0.3 is 0 Å². The number of aromatic nitrogens is 2. The van der Waals surface area contributed by atoms with Crippen molar-refractivity contribution in [3.05, 3.63) is 47.6 Å². The SMILES string of the molecule is CC(C)CSCc1noc([C@H](N)Cc2ccccc2)n1. The van der Waals surface area contributed by atoms with Crippen LogP contribution >= 0.6 is 11.8 Å². The number of thioether (sulfide) groups is 1. The number of nitrogens with two attached hydrogens (primary N) is 1. The van der Waals surface area contributed by atoms with Crippen LogP contribution in [0.5, 0.6) is 0 Å². The van der Waals surface area contributed by atoms with Crippen LogP contribution in [0.4, 0.5) is 0 Å². The molecule has 108 valence electrons. The lowest BCUT2D eigenvalue weighted by Gasteiger charge is -2.06. The average molecular weight is 291 g/mol. The van der Waals surface area contributed by atoms with Gasteiger partial charge in [-0.1, -0.05) is 49.3 Å². The molecule has 1 aromatic carbocycles. The topological polar surface area (TPSA) is 64.9 Å². The third kappa shape index (κ3) is 4.65. The minimum absolute atomic E-state index is 0.242. The van der Waals surface area contributed by atoms with Gasteiger partial charge in [0.15, 0.2) is 5.82 Å². The highest BCUT2D eigenvalue weighted by Crippen LogP contribution is 2.17. The molecule has 1 atom stereocenters. The molecule has 1 aromatic heterocycles. The largest absolute Gasteiger partial charge is 0.338 e. The summed E-state index contributed by atoms with van der Waals surface area (Å²) < 4.78 is 5.26. The fraction of sp³-hybridized carbons (Fsp3) is 0.467. The highest BCUT2D eigenvalue weighted by molar-refractivity contribution is 7.98. The molecule has 0 fully saturated rings. The summed E-state index contributed by atoms with van der Waals surface area (Å²) in [6, 6.07) is 9.86. The Morgan fingerprint density at radius 1 is 1.25 bits per heavy atom. The normalized spacial score (nSPS) is 12.8. The number of benzene rings is 1. The predicted octanol–water partition coefficient (Wildman–Crippen LogP) is 3.20. The van der Waals surface area contributed by atoms with Crippen LogP contribution in [0.2, 0.25) is 0 Å². The van der Waals surface area contributed by atoms with Crippen LogP contribution < -0.4 is 5.73 Å². The molecule has 2 aromatic rings. The van der Waals surface area contributed by atoms with Crippen LogP contribution in [-0.4, -0.2) is 15.9 Å². The Bertz CT molecular complexity index is 513. The van der Waals surface area contributed by atoms with Crippen LogP contribution in [-0.2, 0) is 12.2 Å². The minimum atomic E-state index is -0.242. The van der Waals surface area contributed by atoms with Gasteiger partial charge in [0.25, 0.3) is 0 Å². The van der Waals surface area contributed by atoms with Gasteiger partial charge in [0.2, 0.25) is 5.89 Å². The van der Waals surface area contributed by atoms with Crippen LogP contribution in [0.1, 0.15) is 37.2 Å². The van der Waals surface area contributed by atoms with Gasteiger partial charge in [-0.15, -0.1) is 0 Å². The van der Waals surface area contributed by atoms with Crippen molar-refractivity contribution >= 4 is 11.8 Å². The average Bonchev–Trinajstić information content (AvgIpc) is 2.88. The third-order valence-corrected chi connectivity index (χ3v) is 4.15. The minimum Gasteiger partial charge on any atom is -0.338 e. The van der Waals surface area contributed by atoms with E-state index in [0.717, 1.165) is 17.3 Å². The predicted molar refractivity (Wildman–Crippen MR) is 82.4 cm³/mol. The summed E-state index contributed by atoms with van der Waals surface area (Å²) in [5.41, 5.74) is 7.29. The van der Waals surface area contributed by atoms with Gasteiger partial charge in [0, 0.05) is 0 Å². The molecule has 5 heteroatoms. The lowest BCUT2D eigenvalue weighted by atomic mass is 10.1. The first kappa shape index (κ1) is 15.1. The van der Waals surface area contributed by atoms with Crippen molar-refractivity contribution in [2.75, 3.05) is 5.75 Å². The van der Waals surface area contributed by atoms with Crippen molar-refractivity contribution in [1.82, 2.24) is 10.1 Å². The first-order valence-corrected chi connectivity index (χ1v) is 8.00. The lowest BCUT2D eigenvalue weighted by Crippen LogP contribution is -2.13. The van der Waals surface area contributed by atoms with Crippen molar-refractivity contribution < 1.29 is 4.52 Å². The maximum absolute atomic E-state index is 6.11. The summed E-state index contributed by atoms with van der Waals surface area (Å²) in [5.74, 6) is 3.80. The smallest absolute Gasteiger partial charge is 0.243 e. The Morgan fingerprint density at radius 2 is 2.00 bits per heavy atom. The van der Waals surface area contributed by atoms with Crippen molar-refractivity contribution in [1.29, 1.82) is 0 Å². The quantitative estimate of drug-likeness (QED) is 0.848. The Labute approximate surface area is 124 Å². The second-order valence-electron chi connectivity index (χ2n) is 5.25. The highest BCUT2D eigenvalue weighted by atomic mass is 32.2. The molecule has 0 unspecified atom stereocenters. The monoisotopic (exact) mass is 291 g/mol. The highest BCUT2D eigenvalue weighted by Gasteiger charge is 2.15. The molecule has 0 saturated carbocycles. The van der Waals surface area contributed by atoms with Crippen molar-refractivity contribution in [2.24, 2.45) is 11.7 Å². The van der Waals surface area contributed by atoms with Gasteiger partial charge in [0.05, 0.1) is 11.8 Å². The first-order valence-electron chi connectivity index (χ1n) is 6.85. The van der Waals surface area contributed by atoms with E-state index in [1.807, 2.05) is 30.0 Å². The lowest BCUT2D eigenvalue weighted by molar-refractivity contribution is 0.351. The Morgan fingerprint density at radius 3 is 2.70 bits per heavy atom. The fourth-order valence-electron chi connectivity index (χ4n) is 1.82. The van der Waals surface area contributed by atoms with Crippen LogP contribution in [0.15, 0.2) is 34.9 Å². The standard InChI is InChI=1S/C15H21N3OS/c1-11(2)9-20-10-14-17-15(19-18-14)13(16)8-12-6-4-3-5-7-12/h3-7,11,13H,8-10,16H2,1-2H3/t13-/m1/s1. The second kappa shape index (κ2) is 7.45. The van der Waals surface area contributed by atoms with E-state index >= 15 is 0 Å². The van der Waals surface area contributed by atoms with Crippen molar-refractivity contribution in [2.45, 2.75) is 32.1 Å². The molecule has 0 bridgehead atoms. The molecule has 4 nitrogen and oxygen atoms in total. The van der Waals surface area contributed by atoms with Crippen LogP contribution in [0.25, 0.3) is 0 Å². The summed E-state index contributed by atoms with van der Waals surface area (Å²) in [6.45, 7) is 4.40. The molecular formula is C15H21N3OS. The number of rotatable bonds is 7. The number of hydrogen-bond donors (Lipinski definition) is 1. The zero-order valence-electron chi connectivity index (χ0n) is 12.0. The fourth-order valence-corrected chi connectivity index (χ4v) is 2.71. The molecular weight excluding hydrogens is 270 g/mol. The van der Waals surface area contributed by atoms with Crippen molar-refractivity contribution in [3.63, 3.8) is 0 Å². The zero-order valence-corrected chi connectivity index (χ0v) is 12.8. The van der Waals surface area contributed by atoms with E-state index in [4.69, 9.17) is 10.3 Å². The first-order chi connectivity index (χ1) is 9.65. The maximum atomic E-state index is 6.11. The summed E-state index contributed by atoms with van der Waals surface area (Å²) in [7, 11) is 0. The molecule has 0 amide bonds. The van der Waals surface area contributed by atoms with E-state index in [0.29, 0.717) is 18.2 Å². The molecule has 20 heavy (non-hydrogen) atoms. The van der Waals surface area contributed by atoms with Gasteiger partial charge in [-0.2, -0.15) is 16.7 Å². The summed E-state index contributed by atoms with van der Waals surface area (Å²) >= 11 is 1.82. The van der Waals surface area contributed by atoms with E-state index in [1.165, 1.54) is 5.56 Å². The molecule has 0 radical (unpaired) electrons. The van der Waals surface area contributed by atoms with Gasteiger partial charge in [-0.05, 0) is 23.7 Å². The number of hydrogen-bond acceptors (Lipinski definition) is 5. The summed E-state index contributed by atoms with van der Waals surface area (Å²) in [6.07, 6.45) is 0.710. The Kier molecular flexibility index (Phi) is 5.61. The molecule has 0 saturated heterocycles. The molecule has 2 rings (SSSR count). The van der Waals surface area contributed by atoms with E-state index in [2.05, 4.69) is 36.1 Å². The summed E-state index contributed by atoms with van der Waals surface area (Å²) in [5, 5.41) is 3.99. The third-order valence-electron chi connectivity index (χ3n) is 2.78. The molecule has 0 aliphatic carbocycles. The number of nitrogens with zero attached hydrogens (tertiary/aromatic N) is 2. The molecule has 0 aliphatic heterocycles. The second-order valence-corrected chi connectivity index (χ2v) is 6.28. The molecule has 0 aliphatic rings. The van der Waals surface area contributed by atoms with E-state index in [-0.39, 0.29) is 6.04 Å². The maximum Gasteiger partial charge on any atom is 0.243 e. The van der Waals surface area contributed by atoms with Gasteiger partial charge < -0.3 is 10.3 Å². The Balaban J connectivity index is 1.88. The van der Waals surface area contributed by atoms with Crippen LogP contribution in [0, 0.1) is 5.92 Å². The van der Waals surface area contributed by atoms with Crippen LogP contribution in [0.3, 0.4) is 0 Å². The van der Waals surface area contributed by atoms with Gasteiger partial charge in [0.1, 0.15) is 0 Å². The molecule has 0 spiro atoms. The molecule has 1 heterocycles. The van der Waals surface area contributed by atoms with Gasteiger partial charge in [-0.25, -0.2) is 0 Å².